The molecule has 20 heavy (non-hydrogen) atoms. The van der Waals surface area contributed by atoms with Crippen molar-refractivity contribution < 1.29 is 9.53 Å². The molecule has 0 aliphatic heterocycles. The number of carbonyl (C=O) groups is 1. The smallest absolute Gasteiger partial charge is 0.361 e. The summed E-state index contributed by atoms with van der Waals surface area (Å²) in [4.78, 5) is 28.0. The topological polar surface area (TPSA) is 86.5 Å². The van der Waals surface area contributed by atoms with E-state index in [1.807, 2.05) is 0 Å². The molecule has 0 saturated heterocycles. The Morgan fingerprint density at radius 2 is 2.15 bits per heavy atom. The van der Waals surface area contributed by atoms with Crippen LogP contribution in [0.3, 0.4) is 0 Å². The second kappa shape index (κ2) is 4.69. The lowest BCUT2D eigenvalue weighted by Gasteiger charge is -1.96. The molecule has 0 amide bonds. The lowest BCUT2D eigenvalue weighted by atomic mass is 10.3. The van der Waals surface area contributed by atoms with Crippen molar-refractivity contribution in [2.75, 3.05) is 6.61 Å². The standard InChI is InChI=1S/C13H10N4O3/c1-2-20-13(19)11-12-10(18)7-14-8-5-3-4-6-9(8)17(12)16-15-11/h3-7H,2H2,1H3. The van der Waals surface area contributed by atoms with Gasteiger partial charge in [0.1, 0.15) is 0 Å². The van der Waals surface area contributed by atoms with E-state index in [0.29, 0.717) is 11.0 Å². The molecular formula is C13H10N4O3. The first kappa shape index (κ1) is 12.2. The zero-order chi connectivity index (χ0) is 14.1. The van der Waals surface area contributed by atoms with Crippen molar-refractivity contribution in [3.05, 3.63) is 46.4 Å². The third-order valence-electron chi connectivity index (χ3n) is 2.80. The molecule has 2 heterocycles. The van der Waals surface area contributed by atoms with Crippen LogP contribution in [-0.2, 0) is 4.74 Å². The van der Waals surface area contributed by atoms with Gasteiger partial charge in [0, 0.05) is 0 Å². The molecule has 2 aromatic heterocycles. The van der Waals surface area contributed by atoms with E-state index in [0.717, 1.165) is 6.20 Å². The number of carbonyl (C=O) groups excluding carboxylic acids is 1. The fraction of sp³-hybridized carbons (Fsp3) is 0.154. The third-order valence-corrected chi connectivity index (χ3v) is 2.80. The van der Waals surface area contributed by atoms with Gasteiger partial charge in [-0.2, -0.15) is 0 Å². The van der Waals surface area contributed by atoms with Crippen molar-refractivity contribution in [2.45, 2.75) is 6.92 Å². The van der Waals surface area contributed by atoms with Gasteiger partial charge in [-0.25, -0.2) is 9.31 Å². The highest BCUT2D eigenvalue weighted by atomic mass is 16.5. The number of hydrogen-bond donors (Lipinski definition) is 0. The molecule has 0 fully saturated rings. The molecule has 0 unspecified atom stereocenters. The van der Waals surface area contributed by atoms with Crippen LogP contribution in [0, 0.1) is 0 Å². The average molecular weight is 270 g/mol. The van der Waals surface area contributed by atoms with Gasteiger partial charge in [-0.05, 0) is 19.1 Å². The van der Waals surface area contributed by atoms with Gasteiger partial charge in [-0.3, -0.25) is 9.78 Å². The molecule has 7 heteroatoms. The number of ether oxygens (including phenoxy) is 1. The molecule has 3 rings (SSSR count). The Kier molecular flexibility index (Phi) is 2.86. The quantitative estimate of drug-likeness (QED) is 0.640. The van der Waals surface area contributed by atoms with Gasteiger partial charge in [0.15, 0.2) is 5.52 Å². The normalized spacial score (nSPS) is 10.8. The zero-order valence-corrected chi connectivity index (χ0v) is 10.6. The van der Waals surface area contributed by atoms with Crippen LogP contribution in [0.5, 0.6) is 0 Å². The Balaban J connectivity index is 2.44. The summed E-state index contributed by atoms with van der Waals surface area (Å²) in [7, 11) is 0. The SMILES string of the molecule is CCOC(=O)c1nnn2c1c(=O)cnc1ccccc12. The second-order valence-electron chi connectivity index (χ2n) is 4.03. The van der Waals surface area contributed by atoms with Gasteiger partial charge in [0.25, 0.3) is 0 Å². The van der Waals surface area contributed by atoms with Crippen LogP contribution in [0.4, 0.5) is 0 Å². The molecule has 0 atom stereocenters. The van der Waals surface area contributed by atoms with Gasteiger partial charge in [-0.1, -0.05) is 17.3 Å². The van der Waals surface area contributed by atoms with E-state index in [-0.39, 0.29) is 17.8 Å². The summed E-state index contributed by atoms with van der Waals surface area (Å²) in [5.41, 5.74) is 0.707. The minimum atomic E-state index is -0.671. The van der Waals surface area contributed by atoms with Crippen molar-refractivity contribution in [1.82, 2.24) is 19.8 Å². The number of fused-ring (bicyclic) bond motifs is 3. The molecule has 7 nitrogen and oxygen atoms in total. The molecule has 0 aliphatic carbocycles. The average Bonchev–Trinajstić information content (AvgIpc) is 2.84. The summed E-state index contributed by atoms with van der Waals surface area (Å²) in [6.07, 6.45) is 1.16. The molecule has 0 saturated carbocycles. The first-order chi connectivity index (χ1) is 9.72. The van der Waals surface area contributed by atoms with Crippen LogP contribution in [0.1, 0.15) is 17.4 Å². The van der Waals surface area contributed by atoms with Crippen molar-refractivity contribution in [2.24, 2.45) is 0 Å². The first-order valence-electron chi connectivity index (χ1n) is 6.03. The molecule has 0 bridgehead atoms. The van der Waals surface area contributed by atoms with Crippen molar-refractivity contribution in [1.29, 1.82) is 0 Å². The highest BCUT2D eigenvalue weighted by molar-refractivity contribution is 5.95. The Morgan fingerprint density at radius 1 is 1.35 bits per heavy atom. The molecule has 1 aromatic carbocycles. The number of rotatable bonds is 2. The molecule has 0 spiro atoms. The van der Waals surface area contributed by atoms with Crippen LogP contribution in [0.25, 0.3) is 16.6 Å². The van der Waals surface area contributed by atoms with E-state index >= 15 is 0 Å². The fourth-order valence-electron chi connectivity index (χ4n) is 1.95. The Bertz CT molecular complexity index is 872. The van der Waals surface area contributed by atoms with Gasteiger partial charge >= 0.3 is 5.97 Å². The van der Waals surface area contributed by atoms with Gasteiger partial charge in [0.05, 0.1) is 23.8 Å². The predicted molar refractivity (Wildman–Crippen MR) is 70.5 cm³/mol. The van der Waals surface area contributed by atoms with Gasteiger partial charge in [0.2, 0.25) is 11.1 Å². The minimum Gasteiger partial charge on any atom is -0.461 e. The zero-order valence-electron chi connectivity index (χ0n) is 10.6. The largest absolute Gasteiger partial charge is 0.461 e. The van der Waals surface area contributed by atoms with E-state index in [4.69, 9.17) is 4.74 Å². The number of hydrogen-bond acceptors (Lipinski definition) is 6. The van der Waals surface area contributed by atoms with Gasteiger partial charge in [-0.15, -0.1) is 5.10 Å². The van der Waals surface area contributed by atoms with Crippen LogP contribution >= 0.6 is 0 Å². The molecular weight excluding hydrogens is 260 g/mol. The Hall–Kier alpha value is -2.83. The number of nitrogens with zero attached hydrogens (tertiary/aromatic N) is 4. The van der Waals surface area contributed by atoms with E-state index in [1.165, 1.54) is 4.52 Å². The Morgan fingerprint density at radius 3 is 2.95 bits per heavy atom. The highest BCUT2D eigenvalue weighted by Gasteiger charge is 2.19. The molecule has 0 radical (unpaired) electrons. The monoisotopic (exact) mass is 270 g/mol. The summed E-state index contributed by atoms with van der Waals surface area (Å²) < 4.78 is 6.19. The predicted octanol–water partition coefficient (Wildman–Crippen LogP) is 0.814. The molecule has 100 valence electrons. The summed E-state index contributed by atoms with van der Waals surface area (Å²) in [5.74, 6) is -0.671. The molecule has 0 aliphatic rings. The summed E-state index contributed by atoms with van der Waals surface area (Å²) >= 11 is 0. The van der Waals surface area contributed by atoms with Gasteiger partial charge < -0.3 is 4.74 Å². The van der Waals surface area contributed by atoms with Crippen molar-refractivity contribution in [3.8, 4) is 0 Å². The Labute approximate surface area is 112 Å². The van der Waals surface area contributed by atoms with Crippen LogP contribution in [0.15, 0.2) is 35.3 Å². The van der Waals surface area contributed by atoms with Crippen LogP contribution in [0.2, 0.25) is 0 Å². The number of benzene rings is 1. The minimum absolute atomic E-state index is 0.0668. The molecule has 0 N–H and O–H groups in total. The van der Waals surface area contributed by atoms with Crippen molar-refractivity contribution >= 4 is 22.5 Å². The van der Waals surface area contributed by atoms with E-state index in [1.54, 1.807) is 31.2 Å². The lowest BCUT2D eigenvalue weighted by Crippen LogP contribution is -2.10. The maximum atomic E-state index is 12.1. The summed E-state index contributed by atoms with van der Waals surface area (Å²) in [6, 6.07) is 7.09. The number of esters is 1. The summed E-state index contributed by atoms with van der Waals surface area (Å²) in [6.45, 7) is 1.88. The van der Waals surface area contributed by atoms with Crippen molar-refractivity contribution in [3.63, 3.8) is 0 Å². The maximum Gasteiger partial charge on any atom is 0.361 e. The number of para-hydroxylation sites is 2. The second-order valence-corrected chi connectivity index (χ2v) is 4.03. The fourth-order valence-corrected chi connectivity index (χ4v) is 1.95. The van der Waals surface area contributed by atoms with Crippen LogP contribution in [-0.4, -0.2) is 32.4 Å². The summed E-state index contributed by atoms with van der Waals surface area (Å²) in [5, 5.41) is 7.64. The van der Waals surface area contributed by atoms with E-state index < -0.39 is 11.4 Å². The van der Waals surface area contributed by atoms with Crippen LogP contribution < -0.4 is 5.43 Å². The highest BCUT2D eigenvalue weighted by Crippen LogP contribution is 2.12. The van der Waals surface area contributed by atoms with E-state index in [9.17, 15) is 9.59 Å². The lowest BCUT2D eigenvalue weighted by molar-refractivity contribution is 0.0521. The number of aromatic nitrogens is 4. The van der Waals surface area contributed by atoms with E-state index in [2.05, 4.69) is 15.3 Å². The first-order valence-corrected chi connectivity index (χ1v) is 6.03. The molecule has 3 aromatic rings. The maximum absolute atomic E-state index is 12.1. The third kappa shape index (κ3) is 1.80.